The molecule has 0 heterocycles. The van der Waals surface area contributed by atoms with E-state index in [4.69, 9.17) is 10.5 Å². The molecule has 0 aromatic carbocycles. The molecule has 7 heteroatoms. The molecule has 1 unspecified atom stereocenters. The Hall–Kier alpha value is -0.210. The Morgan fingerprint density at radius 3 is 2.44 bits per heavy atom. The van der Waals surface area contributed by atoms with E-state index in [1.807, 2.05) is 13.8 Å². The molecule has 0 aliphatic rings. The number of ether oxygens (including phenoxy) is 1. The Balaban J connectivity index is 4.19. The molecular formula is C9H23N3O3S. The van der Waals surface area contributed by atoms with Gasteiger partial charge in [0.05, 0.1) is 6.61 Å². The van der Waals surface area contributed by atoms with Gasteiger partial charge in [-0.15, -0.1) is 0 Å². The molecule has 0 aliphatic heterocycles. The van der Waals surface area contributed by atoms with E-state index in [-0.39, 0.29) is 18.5 Å². The van der Waals surface area contributed by atoms with Gasteiger partial charge in [0.15, 0.2) is 0 Å². The number of hydrogen-bond donors (Lipinski definition) is 3. The maximum absolute atomic E-state index is 11.6. The second kappa shape index (κ2) is 7.97. The van der Waals surface area contributed by atoms with E-state index in [2.05, 4.69) is 9.44 Å². The maximum Gasteiger partial charge on any atom is 0.277 e. The van der Waals surface area contributed by atoms with Gasteiger partial charge in [-0.25, -0.2) is 0 Å². The predicted molar refractivity (Wildman–Crippen MR) is 64.2 cm³/mol. The first kappa shape index (κ1) is 15.8. The lowest BCUT2D eigenvalue weighted by atomic mass is 10.0. The third kappa shape index (κ3) is 7.13. The van der Waals surface area contributed by atoms with Crippen molar-refractivity contribution >= 4 is 10.2 Å². The van der Waals surface area contributed by atoms with Crippen LogP contribution in [0, 0.1) is 5.92 Å². The Kier molecular flexibility index (Phi) is 7.86. The molecule has 0 radical (unpaired) electrons. The Morgan fingerprint density at radius 2 is 2.00 bits per heavy atom. The van der Waals surface area contributed by atoms with Crippen molar-refractivity contribution in [3.8, 4) is 0 Å². The molecular weight excluding hydrogens is 230 g/mol. The second-order valence-electron chi connectivity index (χ2n) is 3.94. The third-order valence-electron chi connectivity index (χ3n) is 2.19. The van der Waals surface area contributed by atoms with Crippen molar-refractivity contribution in [2.45, 2.75) is 26.3 Å². The van der Waals surface area contributed by atoms with E-state index in [1.54, 1.807) is 0 Å². The molecule has 0 aliphatic carbocycles. The average molecular weight is 253 g/mol. The summed E-state index contributed by atoms with van der Waals surface area (Å²) in [5.41, 5.74) is 5.43. The van der Waals surface area contributed by atoms with E-state index < -0.39 is 10.2 Å². The third-order valence-corrected chi connectivity index (χ3v) is 3.38. The lowest BCUT2D eigenvalue weighted by Crippen LogP contribution is -2.46. The highest BCUT2D eigenvalue weighted by Gasteiger charge is 2.19. The Labute approximate surface area is 98.1 Å². The molecule has 1 atom stereocenters. The lowest BCUT2D eigenvalue weighted by Gasteiger charge is -2.21. The number of nitrogens with two attached hydrogens (primary N) is 1. The lowest BCUT2D eigenvalue weighted by molar-refractivity contribution is 0.204. The highest BCUT2D eigenvalue weighted by molar-refractivity contribution is 7.87. The van der Waals surface area contributed by atoms with Crippen LogP contribution < -0.4 is 15.2 Å². The van der Waals surface area contributed by atoms with E-state index in [9.17, 15) is 8.42 Å². The van der Waals surface area contributed by atoms with Crippen molar-refractivity contribution in [1.29, 1.82) is 0 Å². The largest absolute Gasteiger partial charge is 0.383 e. The summed E-state index contributed by atoms with van der Waals surface area (Å²) in [6.07, 6.45) is 0.628. The SMILES string of the molecule is COCCNS(=O)(=O)NC(CCN)C(C)C. The van der Waals surface area contributed by atoms with Crippen molar-refractivity contribution in [1.82, 2.24) is 9.44 Å². The van der Waals surface area contributed by atoms with Crippen molar-refractivity contribution in [2.24, 2.45) is 11.7 Å². The number of nitrogens with one attached hydrogen (secondary N) is 2. The maximum atomic E-state index is 11.6. The van der Waals surface area contributed by atoms with E-state index >= 15 is 0 Å². The highest BCUT2D eigenvalue weighted by atomic mass is 32.2. The van der Waals surface area contributed by atoms with Gasteiger partial charge < -0.3 is 10.5 Å². The first-order chi connectivity index (χ1) is 7.43. The summed E-state index contributed by atoms with van der Waals surface area (Å²) in [6, 6.07) is -0.134. The number of methoxy groups -OCH3 is 1. The molecule has 16 heavy (non-hydrogen) atoms. The molecule has 0 bridgehead atoms. The van der Waals surface area contributed by atoms with Gasteiger partial charge >= 0.3 is 0 Å². The fourth-order valence-corrected chi connectivity index (χ4v) is 2.45. The fourth-order valence-electron chi connectivity index (χ4n) is 1.23. The molecule has 0 amide bonds. The molecule has 6 nitrogen and oxygen atoms in total. The van der Waals surface area contributed by atoms with Crippen LogP contribution in [0.15, 0.2) is 0 Å². The smallest absolute Gasteiger partial charge is 0.277 e. The van der Waals surface area contributed by atoms with Crippen LogP contribution >= 0.6 is 0 Å². The topological polar surface area (TPSA) is 93.4 Å². The zero-order valence-electron chi connectivity index (χ0n) is 10.2. The molecule has 0 aromatic heterocycles. The van der Waals surface area contributed by atoms with Crippen molar-refractivity contribution in [3.05, 3.63) is 0 Å². The van der Waals surface area contributed by atoms with Crippen LogP contribution in [-0.2, 0) is 14.9 Å². The quantitative estimate of drug-likeness (QED) is 0.480. The van der Waals surface area contributed by atoms with Gasteiger partial charge in [-0.1, -0.05) is 13.8 Å². The Bertz CT molecular complexity index is 267. The van der Waals surface area contributed by atoms with E-state index in [0.29, 0.717) is 19.6 Å². The molecule has 0 rings (SSSR count). The van der Waals surface area contributed by atoms with Crippen LogP contribution in [0.5, 0.6) is 0 Å². The monoisotopic (exact) mass is 253 g/mol. The van der Waals surface area contributed by atoms with Crippen molar-refractivity contribution in [2.75, 3.05) is 26.8 Å². The predicted octanol–water partition coefficient (Wildman–Crippen LogP) is -0.570. The van der Waals surface area contributed by atoms with Gasteiger partial charge in [0.25, 0.3) is 10.2 Å². The van der Waals surface area contributed by atoms with Crippen LogP contribution in [0.4, 0.5) is 0 Å². The number of hydrogen-bond acceptors (Lipinski definition) is 4. The molecule has 0 aromatic rings. The van der Waals surface area contributed by atoms with Gasteiger partial charge in [-0.2, -0.15) is 17.9 Å². The van der Waals surface area contributed by atoms with Crippen LogP contribution in [-0.4, -0.2) is 41.3 Å². The van der Waals surface area contributed by atoms with Crippen LogP contribution in [0.1, 0.15) is 20.3 Å². The summed E-state index contributed by atoms with van der Waals surface area (Å²) < 4.78 is 32.9. The van der Waals surface area contributed by atoms with Crippen molar-refractivity contribution in [3.63, 3.8) is 0 Å². The van der Waals surface area contributed by atoms with Crippen molar-refractivity contribution < 1.29 is 13.2 Å². The zero-order chi connectivity index (χ0) is 12.6. The molecule has 0 fully saturated rings. The molecule has 98 valence electrons. The summed E-state index contributed by atoms with van der Waals surface area (Å²) in [5, 5.41) is 0. The minimum atomic E-state index is -3.46. The second-order valence-corrected chi connectivity index (χ2v) is 5.47. The summed E-state index contributed by atoms with van der Waals surface area (Å²) in [6.45, 7) is 4.99. The normalized spacial score (nSPS) is 14.3. The summed E-state index contributed by atoms with van der Waals surface area (Å²) >= 11 is 0. The summed E-state index contributed by atoms with van der Waals surface area (Å²) in [5.74, 6) is 0.211. The van der Waals surface area contributed by atoms with Gasteiger partial charge in [0.2, 0.25) is 0 Å². The minimum Gasteiger partial charge on any atom is -0.383 e. The van der Waals surface area contributed by atoms with E-state index in [0.717, 1.165) is 0 Å². The van der Waals surface area contributed by atoms with Gasteiger partial charge in [0, 0.05) is 19.7 Å². The van der Waals surface area contributed by atoms with Gasteiger partial charge in [0.1, 0.15) is 0 Å². The number of rotatable bonds is 9. The standard InChI is InChI=1S/C9H23N3O3S/c1-8(2)9(4-5-10)12-16(13,14)11-6-7-15-3/h8-9,11-12H,4-7,10H2,1-3H3. The van der Waals surface area contributed by atoms with Crippen LogP contribution in [0.25, 0.3) is 0 Å². The van der Waals surface area contributed by atoms with Crippen LogP contribution in [0.2, 0.25) is 0 Å². The summed E-state index contributed by atoms with van der Waals surface area (Å²) in [7, 11) is -1.93. The summed E-state index contributed by atoms with van der Waals surface area (Å²) in [4.78, 5) is 0. The molecule has 0 saturated heterocycles. The Morgan fingerprint density at radius 1 is 1.38 bits per heavy atom. The molecule has 4 N–H and O–H groups in total. The minimum absolute atomic E-state index is 0.134. The zero-order valence-corrected chi connectivity index (χ0v) is 11.0. The van der Waals surface area contributed by atoms with E-state index in [1.165, 1.54) is 7.11 Å². The van der Waals surface area contributed by atoms with Gasteiger partial charge in [-0.3, -0.25) is 0 Å². The average Bonchev–Trinajstić information content (AvgIpc) is 2.17. The van der Waals surface area contributed by atoms with Crippen LogP contribution in [0.3, 0.4) is 0 Å². The highest BCUT2D eigenvalue weighted by Crippen LogP contribution is 2.05. The first-order valence-corrected chi connectivity index (χ1v) is 6.87. The van der Waals surface area contributed by atoms with Gasteiger partial charge in [-0.05, 0) is 18.9 Å². The fraction of sp³-hybridized carbons (Fsp3) is 1.00. The first-order valence-electron chi connectivity index (χ1n) is 5.39. The molecule has 0 spiro atoms. The molecule has 0 saturated carbocycles.